The van der Waals surface area contributed by atoms with E-state index in [0.29, 0.717) is 10.6 Å². The predicted octanol–water partition coefficient (Wildman–Crippen LogP) is 4.43. The summed E-state index contributed by atoms with van der Waals surface area (Å²) < 4.78 is 0. The Balaban J connectivity index is 1.65. The smallest absolute Gasteiger partial charge is 0.264 e. The van der Waals surface area contributed by atoms with Crippen LogP contribution in [0.15, 0.2) is 79.1 Å². The Bertz CT molecular complexity index is 1030. The number of hydrogen-bond acceptors (Lipinski definition) is 5. The first-order chi connectivity index (χ1) is 13.7. The van der Waals surface area contributed by atoms with Crippen LogP contribution in [0.1, 0.15) is 32.7 Å². The van der Waals surface area contributed by atoms with Crippen LogP contribution in [0.4, 0.5) is 0 Å². The van der Waals surface area contributed by atoms with Crippen LogP contribution in [0.2, 0.25) is 0 Å². The summed E-state index contributed by atoms with van der Waals surface area (Å²) in [6.07, 6.45) is 3.45. The molecule has 5 nitrogen and oxygen atoms in total. The summed E-state index contributed by atoms with van der Waals surface area (Å²) in [5.74, 6) is -0.170. The number of carbonyl (C=O) groups is 1. The van der Waals surface area contributed by atoms with E-state index >= 15 is 0 Å². The van der Waals surface area contributed by atoms with Crippen molar-refractivity contribution in [2.45, 2.75) is 13.0 Å². The minimum atomic E-state index is -0.338. The number of hydrogen-bond donors (Lipinski definition) is 1. The third-order valence-corrected chi connectivity index (χ3v) is 5.46. The number of thiazole rings is 1. The zero-order valence-electron chi connectivity index (χ0n) is 15.2. The van der Waals surface area contributed by atoms with Gasteiger partial charge in [0.1, 0.15) is 9.88 Å². The van der Waals surface area contributed by atoms with Gasteiger partial charge in [0.25, 0.3) is 5.91 Å². The van der Waals surface area contributed by atoms with E-state index in [0.717, 1.165) is 22.0 Å². The normalized spacial score (nSPS) is 11.8. The maximum absolute atomic E-state index is 13.1. The van der Waals surface area contributed by atoms with Crippen LogP contribution in [-0.4, -0.2) is 20.9 Å². The molecule has 138 valence electrons. The average molecular weight is 386 g/mol. The van der Waals surface area contributed by atoms with E-state index < -0.39 is 0 Å². The largest absolute Gasteiger partial charge is 0.339 e. The molecule has 1 atom stereocenters. The lowest BCUT2D eigenvalue weighted by Gasteiger charge is -2.18. The first-order valence-electron chi connectivity index (χ1n) is 8.88. The summed E-state index contributed by atoms with van der Waals surface area (Å²) in [5, 5.41) is 3.85. The highest BCUT2D eigenvalue weighted by atomic mass is 32.1. The lowest BCUT2D eigenvalue weighted by Crippen LogP contribution is -2.29. The highest BCUT2D eigenvalue weighted by Crippen LogP contribution is 2.28. The van der Waals surface area contributed by atoms with Crippen molar-refractivity contribution in [3.05, 3.63) is 101 Å². The van der Waals surface area contributed by atoms with Crippen LogP contribution >= 0.6 is 11.3 Å². The van der Waals surface area contributed by atoms with Gasteiger partial charge in [-0.1, -0.05) is 42.5 Å². The van der Waals surface area contributed by atoms with Gasteiger partial charge in [-0.05, 0) is 36.8 Å². The molecular weight excluding hydrogens is 368 g/mol. The molecule has 3 heterocycles. The number of aryl methyl sites for hydroxylation is 1. The molecular formula is C22H18N4OS. The van der Waals surface area contributed by atoms with Crippen LogP contribution in [0.25, 0.3) is 10.7 Å². The fourth-order valence-electron chi connectivity index (χ4n) is 2.92. The Kier molecular flexibility index (Phi) is 5.21. The van der Waals surface area contributed by atoms with Gasteiger partial charge in [-0.15, -0.1) is 11.3 Å². The van der Waals surface area contributed by atoms with E-state index in [2.05, 4.69) is 20.3 Å². The van der Waals surface area contributed by atoms with Crippen molar-refractivity contribution >= 4 is 17.2 Å². The van der Waals surface area contributed by atoms with Gasteiger partial charge in [-0.3, -0.25) is 14.8 Å². The second kappa shape index (κ2) is 8.10. The van der Waals surface area contributed by atoms with Crippen molar-refractivity contribution in [1.82, 2.24) is 20.3 Å². The topological polar surface area (TPSA) is 67.8 Å². The number of rotatable bonds is 5. The highest BCUT2D eigenvalue weighted by molar-refractivity contribution is 7.17. The van der Waals surface area contributed by atoms with E-state index in [9.17, 15) is 4.79 Å². The molecule has 4 aromatic rings. The van der Waals surface area contributed by atoms with Crippen molar-refractivity contribution in [3.63, 3.8) is 0 Å². The molecule has 4 rings (SSSR count). The Labute approximate surface area is 167 Å². The molecule has 0 radical (unpaired) electrons. The summed E-state index contributed by atoms with van der Waals surface area (Å²) in [5.41, 5.74) is 3.21. The van der Waals surface area contributed by atoms with Crippen LogP contribution in [0.3, 0.4) is 0 Å². The standard InChI is InChI=1S/C22H18N4OS/c1-15-20(28-22(25-15)18-12-6-8-14-24-18)21(27)26-19(16-9-3-2-4-10-16)17-11-5-7-13-23-17/h2-14,19H,1H3,(H,26,27)/t19-/m1/s1. The number of amides is 1. The quantitative estimate of drug-likeness (QED) is 0.551. The Morgan fingerprint density at radius 1 is 0.929 bits per heavy atom. The molecule has 0 aliphatic rings. The SMILES string of the molecule is Cc1nc(-c2ccccn2)sc1C(=O)N[C@H](c1ccccc1)c1ccccn1. The average Bonchev–Trinajstić information content (AvgIpc) is 3.15. The molecule has 0 bridgehead atoms. The molecule has 0 fully saturated rings. The number of nitrogens with zero attached hydrogens (tertiary/aromatic N) is 3. The molecule has 1 aromatic carbocycles. The number of nitrogens with one attached hydrogen (secondary N) is 1. The monoisotopic (exact) mass is 386 g/mol. The molecule has 1 N–H and O–H groups in total. The minimum Gasteiger partial charge on any atom is -0.339 e. The molecule has 0 saturated carbocycles. The lowest BCUT2D eigenvalue weighted by molar-refractivity contribution is 0.0945. The van der Waals surface area contributed by atoms with Crippen LogP contribution in [-0.2, 0) is 0 Å². The Morgan fingerprint density at radius 2 is 1.64 bits per heavy atom. The second-order valence-electron chi connectivity index (χ2n) is 6.22. The number of pyridine rings is 2. The van der Waals surface area contributed by atoms with Crippen molar-refractivity contribution in [1.29, 1.82) is 0 Å². The maximum Gasteiger partial charge on any atom is 0.264 e. The summed E-state index contributed by atoms with van der Waals surface area (Å²) in [7, 11) is 0. The summed E-state index contributed by atoms with van der Waals surface area (Å²) in [6.45, 7) is 1.84. The van der Waals surface area contributed by atoms with Crippen molar-refractivity contribution in [2.75, 3.05) is 0 Å². The van der Waals surface area contributed by atoms with Gasteiger partial charge < -0.3 is 5.32 Å². The summed E-state index contributed by atoms with van der Waals surface area (Å²) >= 11 is 1.35. The maximum atomic E-state index is 13.1. The van der Waals surface area contributed by atoms with E-state index in [-0.39, 0.29) is 11.9 Å². The zero-order valence-corrected chi connectivity index (χ0v) is 16.1. The molecule has 0 unspecified atom stereocenters. The fraction of sp³-hybridized carbons (Fsp3) is 0.0909. The fourth-order valence-corrected chi connectivity index (χ4v) is 3.87. The third kappa shape index (κ3) is 3.82. The molecule has 0 spiro atoms. The number of carbonyl (C=O) groups excluding carboxylic acids is 1. The zero-order chi connectivity index (χ0) is 19.3. The first kappa shape index (κ1) is 18.0. The number of aromatic nitrogens is 3. The van der Waals surface area contributed by atoms with Gasteiger partial charge in [0.15, 0.2) is 0 Å². The van der Waals surface area contributed by atoms with Gasteiger partial charge in [0, 0.05) is 12.4 Å². The third-order valence-electron chi connectivity index (χ3n) is 4.28. The molecule has 6 heteroatoms. The molecule has 1 amide bonds. The second-order valence-corrected chi connectivity index (χ2v) is 7.22. The molecule has 3 aromatic heterocycles. The molecule has 0 aliphatic carbocycles. The van der Waals surface area contributed by atoms with Crippen molar-refractivity contribution < 1.29 is 4.79 Å². The van der Waals surface area contributed by atoms with Crippen molar-refractivity contribution in [2.24, 2.45) is 0 Å². The molecule has 0 saturated heterocycles. The van der Waals surface area contributed by atoms with Gasteiger partial charge in [-0.25, -0.2) is 4.98 Å². The Hall–Kier alpha value is -3.38. The van der Waals surface area contributed by atoms with Gasteiger partial charge in [-0.2, -0.15) is 0 Å². The van der Waals surface area contributed by atoms with E-state index in [1.807, 2.05) is 73.7 Å². The predicted molar refractivity (Wildman–Crippen MR) is 110 cm³/mol. The molecule has 0 aliphatic heterocycles. The van der Waals surface area contributed by atoms with Crippen LogP contribution in [0.5, 0.6) is 0 Å². The van der Waals surface area contributed by atoms with E-state index in [4.69, 9.17) is 0 Å². The Morgan fingerprint density at radius 3 is 2.32 bits per heavy atom. The van der Waals surface area contributed by atoms with Gasteiger partial charge in [0.05, 0.1) is 23.1 Å². The minimum absolute atomic E-state index is 0.170. The van der Waals surface area contributed by atoms with Crippen LogP contribution in [0, 0.1) is 6.92 Å². The van der Waals surface area contributed by atoms with Crippen LogP contribution < -0.4 is 5.32 Å². The summed E-state index contributed by atoms with van der Waals surface area (Å²) in [6, 6.07) is 20.8. The van der Waals surface area contributed by atoms with Gasteiger partial charge in [0.2, 0.25) is 0 Å². The first-order valence-corrected chi connectivity index (χ1v) is 9.69. The van der Waals surface area contributed by atoms with Gasteiger partial charge >= 0.3 is 0 Å². The lowest BCUT2D eigenvalue weighted by atomic mass is 10.0. The van der Waals surface area contributed by atoms with E-state index in [1.165, 1.54) is 11.3 Å². The molecule has 28 heavy (non-hydrogen) atoms. The number of benzene rings is 1. The summed E-state index contributed by atoms with van der Waals surface area (Å²) in [4.78, 5) is 27.0. The van der Waals surface area contributed by atoms with E-state index in [1.54, 1.807) is 12.4 Å². The highest BCUT2D eigenvalue weighted by Gasteiger charge is 2.22. The van der Waals surface area contributed by atoms with Crippen molar-refractivity contribution in [3.8, 4) is 10.7 Å².